The van der Waals surface area contributed by atoms with E-state index in [-0.39, 0.29) is 0 Å². The van der Waals surface area contributed by atoms with Gasteiger partial charge in [0.05, 0.1) is 0 Å². The predicted octanol–water partition coefficient (Wildman–Crippen LogP) is 3.47. The molecular formula is C16H32N2. The molecule has 1 aliphatic carbocycles. The Labute approximate surface area is 113 Å². The Hall–Kier alpha value is -0.0800. The lowest BCUT2D eigenvalue weighted by Crippen LogP contribution is -2.44. The lowest BCUT2D eigenvalue weighted by Gasteiger charge is -2.33. The van der Waals surface area contributed by atoms with Crippen LogP contribution in [0.2, 0.25) is 0 Å². The first kappa shape index (κ1) is 14.3. The van der Waals surface area contributed by atoms with E-state index in [0.29, 0.717) is 12.1 Å². The zero-order valence-corrected chi connectivity index (χ0v) is 12.4. The van der Waals surface area contributed by atoms with Crippen LogP contribution in [0.3, 0.4) is 0 Å². The molecule has 2 nitrogen and oxygen atoms in total. The van der Waals surface area contributed by atoms with Crippen molar-refractivity contribution >= 4 is 0 Å². The van der Waals surface area contributed by atoms with Crippen molar-refractivity contribution in [3.05, 3.63) is 0 Å². The molecule has 0 amide bonds. The van der Waals surface area contributed by atoms with Crippen molar-refractivity contribution < 1.29 is 0 Å². The van der Waals surface area contributed by atoms with E-state index < -0.39 is 0 Å². The van der Waals surface area contributed by atoms with Gasteiger partial charge < -0.3 is 10.6 Å². The summed E-state index contributed by atoms with van der Waals surface area (Å²) in [5.74, 6) is 0.931. The minimum Gasteiger partial charge on any atom is -0.314 e. The van der Waals surface area contributed by atoms with E-state index in [9.17, 15) is 0 Å². The van der Waals surface area contributed by atoms with Gasteiger partial charge in [0.1, 0.15) is 0 Å². The molecule has 106 valence electrons. The van der Waals surface area contributed by atoms with Gasteiger partial charge in [-0.15, -0.1) is 0 Å². The second kappa shape index (κ2) is 7.49. The molecule has 1 aliphatic heterocycles. The monoisotopic (exact) mass is 252 g/mol. The summed E-state index contributed by atoms with van der Waals surface area (Å²) in [6.07, 6.45) is 12.7. The number of hydrogen-bond donors (Lipinski definition) is 2. The highest BCUT2D eigenvalue weighted by atomic mass is 15.0. The lowest BCUT2D eigenvalue weighted by atomic mass is 9.84. The fourth-order valence-corrected chi connectivity index (χ4v) is 3.84. The molecule has 2 fully saturated rings. The van der Waals surface area contributed by atoms with Crippen LogP contribution < -0.4 is 10.6 Å². The van der Waals surface area contributed by atoms with Gasteiger partial charge in [0.2, 0.25) is 0 Å². The van der Waals surface area contributed by atoms with Crippen LogP contribution in [0.5, 0.6) is 0 Å². The molecule has 2 unspecified atom stereocenters. The minimum absolute atomic E-state index is 0.664. The normalized spacial score (nSPS) is 30.0. The van der Waals surface area contributed by atoms with Gasteiger partial charge in [-0.05, 0) is 58.4 Å². The molecule has 1 heterocycles. The van der Waals surface area contributed by atoms with Crippen molar-refractivity contribution in [1.29, 1.82) is 0 Å². The third-order valence-electron chi connectivity index (χ3n) is 4.95. The highest BCUT2D eigenvalue weighted by Crippen LogP contribution is 2.26. The van der Waals surface area contributed by atoms with E-state index >= 15 is 0 Å². The molecule has 0 bridgehead atoms. The zero-order valence-electron chi connectivity index (χ0n) is 12.4. The van der Waals surface area contributed by atoms with Gasteiger partial charge >= 0.3 is 0 Å². The molecule has 2 N–H and O–H groups in total. The molecule has 1 saturated heterocycles. The summed E-state index contributed by atoms with van der Waals surface area (Å²) < 4.78 is 0. The average molecular weight is 252 g/mol. The largest absolute Gasteiger partial charge is 0.314 e. The van der Waals surface area contributed by atoms with Crippen molar-refractivity contribution in [3.8, 4) is 0 Å². The van der Waals surface area contributed by atoms with Gasteiger partial charge in [0, 0.05) is 18.1 Å². The highest BCUT2D eigenvalue weighted by molar-refractivity contribution is 4.81. The van der Waals surface area contributed by atoms with E-state index in [0.717, 1.165) is 12.0 Å². The second-order valence-corrected chi connectivity index (χ2v) is 6.64. The fraction of sp³-hybridized carbons (Fsp3) is 1.00. The average Bonchev–Trinajstić information content (AvgIpc) is 2.40. The van der Waals surface area contributed by atoms with Gasteiger partial charge in [0.15, 0.2) is 0 Å². The van der Waals surface area contributed by atoms with Crippen LogP contribution in [-0.2, 0) is 0 Å². The Morgan fingerprint density at radius 2 is 1.72 bits per heavy atom. The van der Waals surface area contributed by atoms with Crippen LogP contribution in [0, 0.1) is 5.92 Å². The first-order chi connectivity index (χ1) is 8.75. The van der Waals surface area contributed by atoms with Crippen LogP contribution in [0.4, 0.5) is 0 Å². The van der Waals surface area contributed by atoms with Gasteiger partial charge in [-0.2, -0.15) is 0 Å². The molecular weight excluding hydrogens is 220 g/mol. The predicted molar refractivity (Wildman–Crippen MR) is 78.9 cm³/mol. The van der Waals surface area contributed by atoms with E-state index in [1.807, 2.05) is 0 Å². The fourth-order valence-electron chi connectivity index (χ4n) is 3.84. The van der Waals surface area contributed by atoms with E-state index in [1.165, 1.54) is 64.3 Å². The number of piperidine rings is 1. The van der Waals surface area contributed by atoms with Gasteiger partial charge in [-0.3, -0.25) is 0 Å². The van der Waals surface area contributed by atoms with Crippen LogP contribution in [-0.4, -0.2) is 24.7 Å². The first-order valence-electron chi connectivity index (χ1n) is 8.25. The Bertz CT molecular complexity index is 217. The van der Waals surface area contributed by atoms with E-state index in [4.69, 9.17) is 0 Å². The summed E-state index contributed by atoms with van der Waals surface area (Å²) in [7, 11) is 0. The molecule has 2 rings (SSSR count). The van der Waals surface area contributed by atoms with Gasteiger partial charge in [0.25, 0.3) is 0 Å². The second-order valence-electron chi connectivity index (χ2n) is 6.64. The Balaban J connectivity index is 1.67. The Kier molecular flexibility index (Phi) is 5.97. The van der Waals surface area contributed by atoms with Gasteiger partial charge in [-0.1, -0.05) is 25.7 Å². The molecule has 2 aliphatic rings. The third-order valence-corrected chi connectivity index (χ3v) is 4.95. The van der Waals surface area contributed by atoms with Crippen LogP contribution >= 0.6 is 0 Å². The van der Waals surface area contributed by atoms with E-state index in [1.54, 1.807) is 0 Å². The summed E-state index contributed by atoms with van der Waals surface area (Å²) in [5.41, 5.74) is 0. The molecule has 1 saturated carbocycles. The summed E-state index contributed by atoms with van der Waals surface area (Å²) in [6.45, 7) is 6.01. The first-order valence-corrected chi connectivity index (χ1v) is 8.25. The molecule has 0 aromatic heterocycles. The SMILES string of the molecule is CC(CC1CCCCN1)N[C@@H](C)C1CCCCC1. The molecule has 18 heavy (non-hydrogen) atoms. The van der Waals surface area contributed by atoms with Crippen molar-refractivity contribution in [1.82, 2.24) is 10.6 Å². The quantitative estimate of drug-likeness (QED) is 0.783. The van der Waals surface area contributed by atoms with Crippen molar-refractivity contribution in [3.63, 3.8) is 0 Å². The van der Waals surface area contributed by atoms with Crippen molar-refractivity contribution in [2.75, 3.05) is 6.54 Å². The molecule has 0 radical (unpaired) electrons. The Morgan fingerprint density at radius 1 is 1.00 bits per heavy atom. The maximum absolute atomic E-state index is 3.86. The molecule has 0 spiro atoms. The van der Waals surface area contributed by atoms with Crippen LogP contribution in [0.1, 0.15) is 71.6 Å². The van der Waals surface area contributed by atoms with Gasteiger partial charge in [-0.25, -0.2) is 0 Å². The molecule has 2 heteroatoms. The zero-order chi connectivity index (χ0) is 12.8. The summed E-state index contributed by atoms with van der Waals surface area (Å²) in [4.78, 5) is 0. The standard InChI is InChI=1S/C16H32N2/c1-13(12-16-10-6-7-11-17-16)18-14(2)15-8-4-3-5-9-15/h13-18H,3-12H2,1-2H3/t13?,14-,16?/m0/s1. The molecule has 3 atom stereocenters. The highest BCUT2D eigenvalue weighted by Gasteiger charge is 2.22. The van der Waals surface area contributed by atoms with Crippen molar-refractivity contribution in [2.24, 2.45) is 5.92 Å². The molecule has 0 aromatic rings. The minimum atomic E-state index is 0.664. The summed E-state index contributed by atoms with van der Waals surface area (Å²) >= 11 is 0. The van der Waals surface area contributed by atoms with Crippen molar-refractivity contribution in [2.45, 2.75) is 89.8 Å². The smallest absolute Gasteiger partial charge is 0.00817 e. The van der Waals surface area contributed by atoms with Crippen LogP contribution in [0.25, 0.3) is 0 Å². The third kappa shape index (κ3) is 4.55. The lowest BCUT2D eigenvalue weighted by molar-refractivity contribution is 0.252. The number of hydrogen-bond acceptors (Lipinski definition) is 2. The summed E-state index contributed by atoms with van der Waals surface area (Å²) in [5, 5.41) is 7.52. The summed E-state index contributed by atoms with van der Waals surface area (Å²) in [6, 6.07) is 2.14. The number of nitrogens with one attached hydrogen (secondary N) is 2. The Morgan fingerprint density at radius 3 is 2.39 bits per heavy atom. The maximum Gasteiger partial charge on any atom is 0.00817 e. The molecule has 0 aromatic carbocycles. The number of rotatable bonds is 5. The topological polar surface area (TPSA) is 24.1 Å². The maximum atomic E-state index is 3.86. The van der Waals surface area contributed by atoms with E-state index in [2.05, 4.69) is 24.5 Å². The van der Waals surface area contributed by atoms with Crippen LogP contribution in [0.15, 0.2) is 0 Å².